The molecule has 0 aromatic heterocycles. The van der Waals surface area contributed by atoms with E-state index in [0.29, 0.717) is 6.29 Å². The minimum atomic E-state index is -1.32. The maximum atomic E-state index is 12.3. The van der Waals surface area contributed by atoms with Crippen molar-refractivity contribution in [1.82, 2.24) is 0 Å². The van der Waals surface area contributed by atoms with Gasteiger partial charge in [-0.15, -0.1) is 0 Å². The molecule has 138 valence electrons. The van der Waals surface area contributed by atoms with E-state index in [4.69, 9.17) is 4.74 Å². The van der Waals surface area contributed by atoms with Gasteiger partial charge in [0, 0.05) is 22.3 Å². The molecule has 7 nitrogen and oxygen atoms in total. The highest BCUT2D eigenvalue weighted by molar-refractivity contribution is 6.35. The molecule has 2 atom stereocenters. The van der Waals surface area contributed by atoms with Crippen molar-refractivity contribution in [3.05, 3.63) is 58.7 Å². The summed E-state index contributed by atoms with van der Waals surface area (Å²) in [6, 6.07) is 8.49. The van der Waals surface area contributed by atoms with E-state index in [-0.39, 0.29) is 33.8 Å². The van der Waals surface area contributed by atoms with E-state index >= 15 is 0 Å². The topological polar surface area (TPSA) is 112 Å². The van der Waals surface area contributed by atoms with Crippen molar-refractivity contribution in [2.45, 2.75) is 6.92 Å². The van der Waals surface area contributed by atoms with E-state index in [1.165, 1.54) is 43.3 Å². The molecule has 0 saturated heterocycles. The van der Waals surface area contributed by atoms with Crippen molar-refractivity contribution in [3.63, 3.8) is 0 Å². The Morgan fingerprint density at radius 2 is 1.25 bits per heavy atom. The molecule has 28 heavy (non-hydrogen) atoms. The van der Waals surface area contributed by atoms with Gasteiger partial charge in [0.25, 0.3) is 0 Å². The second kappa shape index (κ2) is 6.16. The first-order valence-electron chi connectivity index (χ1n) is 8.42. The van der Waals surface area contributed by atoms with Gasteiger partial charge in [-0.2, -0.15) is 0 Å². The van der Waals surface area contributed by atoms with Crippen LogP contribution in [0.5, 0.6) is 11.5 Å². The summed E-state index contributed by atoms with van der Waals surface area (Å²) in [5.74, 6) is -4.91. The van der Waals surface area contributed by atoms with Crippen LogP contribution in [0.3, 0.4) is 0 Å². The molecule has 2 aliphatic carbocycles. The number of rotatable bonds is 4. The molecule has 0 fully saturated rings. The zero-order valence-corrected chi connectivity index (χ0v) is 14.6. The van der Waals surface area contributed by atoms with Gasteiger partial charge in [-0.25, -0.2) is 0 Å². The molecule has 7 heteroatoms. The lowest BCUT2D eigenvalue weighted by Crippen LogP contribution is -2.22. The van der Waals surface area contributed by atoms with E-state index in [0.717, 1.165) is 0 Å². The third-order valence-corrected chi connectivity index (χ3v) is 4.91. The van der Waals surface area contributed by atoms with Crippen LogP contribution in [0.25, 0.3) is 0 Å². The van der Waals surface area contributed by atoms with Crippen LogP contribution < -0.4 is 4.74 Å². The number of benzene rings is 2. The lowest BCUT2D eigenvalue weighted by Gasteiger charge is -2.08. The van der Waals surface area contributed by atoms with E-state index in [1.807, 2.05) is 0 Å². The standard InChI is InChI=1S/C21H12O7/c1-9(23)17-20(26)13-5-3-11(7-15(13)21(17)27)28-10-2-4-12-14(6-10)19(25)16(8-22)18(12)24/h2-8,16-17H,1H3. The first kappa shape index (κ1) is 17.7. The highest BCUT2D eigenvalue weighted by Crippen LogP contribution is 2.34. The van der Waals surface area contributed by atoms with Gasteiger partial charge in [-0.3, -0.25) is 24.0 Å². The first-order chi connectivity index (χ1) is 13.3. The van der Waals surface area contributed by atoms with Gasteiger partial charge in [0.1, 0.15) is 35.4 Å². The molecular formula is C21H12O7. The molecule has 2 aromatic rings. The summed E-state index contributed by atoms with van der Waals surface area (Å²) >= 11 is 0. The van der Waals surface area contributed by atoms with Crippen LogP contribution in [0.4, 0.5) is 0 Å². The normalized spacial score (nSPS) is 20.2. The number of hydrogen-bond donors (Lipinski definition) is 0. The predicted molar refractivity (Wildman–Crippen MR) is 94.0 cm³/mol. The van der Waals surface area contributed by atoms with Crippen molar-refractivity contribution in [2.75, 3.05) is 0 Å². The zero-order chi connectivity index (χ0) is 20.2. The highest BCUT2D eigenvalue weighted by atomic mass is 16.5. The summed E-state index contributed by atoms with van der Waals surface area (Å²) in [4.78, 5) is 71.2. The summed E-state index contributed by atoms with van der Waals surface area (Å²) in [5, 5.41) is 0. The minimum absolute atomic E-state index is 0.101. The second-order valence-corrected chi connectivity index (χ2v) is 6.63. The quantitative estimate of drug-likeness (QED) is 0.594. The molecule has 0 radical (unpaired) electrons. The summed E-state index contributed by atoms with van der Waals surface area (Å²) in [5.41, 5.74) is 0.536. The number of aldehydes is 1. The molecule has 0 saturated carbocycles. The molecule has 0 amide bonds. The minimum Gasteiger partial charge on any atom is -0.457 e. The maximum absolute atomic E-state index is 12.3. The van der Waals surface area contributed by atoms with Gasteiger partial charge in [0.2, 0.25) is 0 Å². The fraction of sp³-hybridized carbons (Fsp3) is 0.143. The summed E-state index contributed by atoms with van der Waals surface area (Å²) in [7, 11) is 0. The molecule has 4 rings (SSSR count). The van der Waals surface area contributed by atoms with Crippen molar-refractivity contribution in [3.8, 4) is 11.5 Å². The molecule has 2 aromatic carbocycles. The lowest BCUT2D eigenvalue weighted by atomic mass is 10.00. The van der Waals surface area contributed by atoms with Crippen molar-refractivity contribution in [1.29, 1.82) is 0 Å². The third kappa shape index (κ3) is 2.44. The van der Waals surface area contributed by atoms with Crippen LogP contribution in [0, 0.1) is 11.8 Å². The van der Waals surface area contributed by atoms with E-state index in [9.17, 15) is 28.8 Å². The maximum Gasteiger partial charge on any atom is 0.182 e. The van der Waals surface area contributed by atoms with Gasteiger partial charge >= 0.3 is 0 Å². The SMILES string of the molecule is CC(=O)C1C(=O)c2ccc(Oc3ccc4c(c3)C(=O)C(C=O)C4=O)cc2C1=O. The predicted octanol–water partition coefficient (Wildman–Crippen LogP) is 2.26. The number of ether oxygens (including phenoxy) is 1. The largest absolute Gasteiger partial charge is 0.457 e. The monoisotopic (exact) mass is 376 g/mol. The van der Waals surface area contributed by atoms with E-state index < -0.39 is 40.8 Å². The number of ketones is 5. The van der Waals surface area contributed by atoms with Gasteiger partial charge in [0.15, 0.2) is 23.1 Å². The number of fused-ring (bicyclic) bond motifs is 2. The Hall–Kier alpha value is -3.74. The number of carbonyl (C=O) groups is 6. The van der Waals surface area contributed by atoms with Crippen LogP contribution in [-0.4, -0.2) is 35.2 Å². The summed E-state index contributed by atoms with van der Waals surface area (Å²) in [6.45, 7) is 1.19. The van der Waals surface area contributed by atoms with Crippen LogP contribution in [0.1, 0.15) is 48.4 Å². The molecular weight excluding hydrogens is 364 g/mol. The fourth-order valence-electron chi connectivity index (χ4n) is 3.52. The van der Waals surface area contributed by atoms with Gasteiger partial charge in [-0.05, 0) is 43.3 Å². The molecule has 0 aliphatic heterocycles. The molecule has 0 N–H and O–H groups in total. The Balaban J connectivity index is 1.66. The van der Waals surface area contributed by atoms with E-state index in [1.54, 1.807) is 0 Å². The highest BCUT2D eigenvalue weighted by Gasteiger charge is 2.42. The average molecular weight is 376 g/mol. The Morgan fingerprint density at radius 1 is 0.786 bits per heavy atom. The molecule has 2 aliphatic rings. The van der Waals surface area contributed by atoms with Crippen LogP contribution >= 0.6 is 0 Å². The Morgan fingerprint density at radius 3 is 1.79 bits per heavy atom. The van der Waals surface area contributed by atoms with Crippen LogP contribution in [-0.2, 0) is 9.59 Å². The first-order valence-corrected chi connectivity index (χ1v) is 8.42. The van der Waals surface area contributed by atoms with Crippen molar-refractivity contribution < 1.29 is 33.5 Å². The third-order valence-electron chi connectivity index (χ3n) is 4.91. The Bertz CT molecular complexity index is 1130. The summed E-state index contributed by atoms with van der Waals surface area (Å²) < 4.78 is 5.66. The summed E-state index contributed by atoms with van der Waals surface area (Å²) in [6.07, 6.45) is 0.319. The lowest BCUT2D eigenvalue weighted by molar-refractivity contribution is -0.118. The van der Waals surface area contributed by atoms with E-state index in [2.05, 4.69) is 0 Å². The zero-order valence-electron chi connectivity index (χ0n) is 14.6. The van der Waals surface area contributed by atoms with Gasteiger partial charge in [0.05, 0.1) is 0 Å². The Kier molecular flexibility index (Phi) is 3.88. The smallest absolute Gasteiger partial charge is 0.182 e. The number of Topliss-reactive ketones (excluding diaryl/α,β-unsaturated/α-hetero) is 5. The number of carbonyl (C=O) groups excluding carboxylic acids is 6. The second-order valence-electron chi connectivity index (χ2n) is 6.63. The van der Waals surface area contributed by atoms with Gasteiger partial charge < -0.3 is 9.53 Å². The Labute approximate surface area is 158 Å². The van der Waals surface area contributed by atoms with Crippen molar-refractivity contribution >= 4 is 35.2 Å². The van der Waals surface area contributed by atoms with Crippen LogP contribution in [0.15, 0.2) is 36.4 Å². The average Bonchev–Trinajstić information content (AvgIpc) is 3.05. The fourth-order valence-corrected chi connectivity index (χ4v) is 3.52. The van der Waals surface area contributed by atoms with Crippen molar-refractivity contribution in [2.24, 2.45) is 11.8 Å². The molecule has 2 unspecified atom stereocenters. The molecule has 0 heterocycles. The molecule has 0 bridgehead atoms. The van der Waals surface area contributed by atoms with Crippen LogP contribution in [0.2, 0.25) is 0 Å². The van der Waals surface area contributed by atoms with Gasteiger partial charge in [-0.1, -0.05) is 0 Å². The molecule has 0 spiro atoms. The number of hydrogen-bond acceptors (Lipinski definition) is 7.